The number of rotatable bonds is 3. The molecule has 0 amide bonds. The van der Waals surface area contributed by atoms with Crippen molar-refractivity contribution in [3.05, 3.63) is 62.0 Å². The Morgan fingerprint density at radius 2 is 1.79 bits per heavy atom. The highest BCUT2D eigenvalue weighted by atomic mass is 79.9. The summed E-state index contributed by atoms with van der Waals surface area (Å²) >= 11 is 22.0. The first-order valence-electron chi connectivity index (χ1n) is 5.45. The molecule has 1 unspecified atom stereocenters. The van der Waals surface area contributed by atoms with Crippen molar-refractivity contribution < 1.29 is 4.74 Å². The maximum Gasteiger partial charge on any atom is 0.123 e. The summed E-state index contributed by atoms with van der Waals surface area (Å²) in [5, 5.41) is 0.713. The highest BCUT2D eigenvalue weighted by Gasteiger charge is 2.18. The maximum absolute atomic E-state index is 6.52. The van der Waals surface area contributed by atoms with Gasteiger partial charge in [0.05, 0.1) is 12.5 Å². The largest absolute Gasteiger partial charge is 0.496 e. The Balaban J connectivity index is 2.49. The standard InChI is InChI=1S/C14H10BrCl3O/c1-19-13-5-2-8(15)6-11(13)14(18)10-4-3-9(16)7-12(10)17/h2-7,14H,1H3. The second kappa shape index (κ2) is 6.36. The molecular weight excluding hydrogens is 370 g/mol. The molecule has 0 aliphatic heterocycles. The summed E-state index contributed by atoms with van der Waals surface area (Å²) in [5.41, 5.74) is 1.65. The first-order valence-corrected chi connectivity index (χ1v) is 7.44. The molecule has 0 heterocycles. The summed E-state index contributed by atoms with van der Waals surface area (Å²) in [7, 11) is 1.61. The predicted molar refractivity (Wildman–Crippen MR) is 84.9 cm³/mol. The van der Waals surface area contributed by atoms with E-state index in [9.17, 15) is 0 Å². The highest BCUT2D eigenvalue weighted by molar-refractivity contribution is 9.10. The van der Waals surface area contributed by atoms with Crippen molar-refractivity contribution in [3.63, 3.8) is 0 Å². The zero-order valence-electron chi connectivity index (χ0n) is 9.96. The van der Waals surface area contributed by atoms with E-state index in [1.807, 2.05) is 24.3 Å². The van der Waals surface area contributed by atoms with E-state index >= 15 is 0 Å². The third-order valence-corrected chi connectivity index (χ3v) is 4.23. The fraction of sp³-hybridized carbons (Fsp3) is 0.143. The Labute approximate surface area is 135 Å². The van der Waals surface area contributed by atoms with Crippen LogP contribution in [-0.2, 0) is 0 Å². The molecule has 2 rings (SSSR count). The maximum atomic E-state index is 6.52. The number of halogens is 4. The van der Waals surface area contributed by atoms with Gasteiger partial charge in [-0.15, -0.1) is 11.6 Å². The van der Waals surface area contributed by atoms with Crippen LogP contribution in [0.1, 0.15) is 16.5 Å². The molecule has 2 aromatic rings. The number of methoxy groups -OCH3 is 1. The lowest BCUT2D eigenvalue weighted by Crippen LogP contribution is -1.98. The van der Waals surface area contributed by atoms with Crippen LogP contribution in [0.2, 0.25) is 10.0 Å². The Bertz CT molecular complexity index is 601. The summed E-state index contributed by atoms with van der Waals surface area (Å²) in [6, 6.07) is 10.9. The molecule has 0 spiro atoms. The molecule has 2 aromatic carbocycles. The molecule has 0 aromatic heterocycles. The van der Waals surface area contributed by atoms with Gasteiger partial charge in [0.25, 0.3) is 0 Å². The Kier molecular flexibility index (Phi) is 5.02. The molecule has 0 saturated carbocycles. The lowest BCUT2D eigenvalue weighted by Gasteiger charge is -2.16. The van der Waals surface area contributed by atoms with Crippen molar-refractivity contribution in [2.45, 2.75) is 5.38 Å². The van der Waals surface area contributed by atoms with Gasteiger partial charge in [0.15, 0.2) is 0 Å². The van der Waals surface area contributed by atoms with E-state index in [0.717, 1.165) is 15.6 Å². The zero-order valence-corrected chi connectivity index (χ0v) is 13.8. The molecule has 0 bridgehead atoms. The van der Waals surface area contributed by atoms with Gasteiger partial charge >= 0.3 is 0 Å². The first kappa shape index (κ1) is 15.0. The van der Waals surface area contributed by atoms with Crippen molar-refractivity contribution in [3.8, 4) is 5.75 Å². The molecule has 19 heavy (non-hydrogen) atoms. The molecule has 0 aliphatic rings. The van der Waals surface area contributed by atoms with E-state index in [4.69, 9.17) is 39.5 Å². The first-order chi connectivity index (χ1) is 9.02. The number of hydrogen-bond donors (Lipinski definition) is 0. The molecule has 0 radical (unpaired) electrons. The van der Waals surface area contributed by atoms with E-state index in [-0.39, 0.29) is 0 Å². The predicted octanol–water partition coefficient (Wildman–Crippen LogP) is 6.09. The van der Waals surface area contributed by atoms with E-state index in [1.165, 1.54) is 0 Å². The van der Waals surface area contributed by atoms with Crippen LogP contribution in [0, 0.1) is 0 Å². The van der Waals surface area contributed by atoms with Gasteiger partial charge in [-0.2, -0.15) is 0 Å². The Morgan fingerprint density at radius 1 is 1.05 bits per heavy atom. The topological polar surface area (TPSA) is 9.23 Å². The van der Waals surface area contributed by atoms with Crippen LogP contribution in [0.15, 0.2) is 40.9 Å². The highest BCUT2D eigenvalue weighted by Crippen LogP contribution is 2.40. The van der Waals surface area contributed by atoms with Crippen LogP contribution < -0.4 is 4.74 Å². The molecular formula is C14H10BrCl3O. The molecule has 0 N–H and O–H groups in total. The average molecular weight is 380 g/mol. The normalized spacial score (nSPS) is 12.3. The minimum absolute atomic E-state index is 0.405. The smallest absolute Gasteiger partial charge is 0.123 e. The molecule has 1 nitrogen and oxygen atoms in total. The summed E-state index contributed by atoms with van der Waals surface area (Å²) in [6.45, 7) is 0. The molecule has 5 heteroatoms. The van der Waals surface area contributed by atoms with Gasteiger partial charge in [0.2, 0.25) is 0 Å². The van der Waals surface area contributed by atoms with Gasteiger partial charge in [0, 0.05) is 20.1 Å². The second-order valence-corrected chi connectivity index (χ2v) is 6.11. The fourth-order valence-electron chi connectivity index (χ4n) is 1.78. The van der Waals surface area contributed by atoms with Crippen molar-refractivity contribution in [2.75, 3.05) is 7.11 Å². The van der Waals surface area contributed by atoms with Crippen LogP contribution in [0.4, 0.5) is 0 Å². The van der Waals surface area contributed by atoms with Crippen LogP contribution in [0.5, 0.6) is 5.75 Å². The monoisotopic (exact) mass is 378 g/mol. The molecule has 0 fully saturated rings. The lowest BCUT2D eigenvalue weighted by molar-refractivity contribution is 0.410. The minimum atomic E-state index is -0.405. The SMILES string of the molecule is COc1ccc(Br)cc1C(Cl)c1ccc(Cl)cc1Cl. The number of benzene rings is 2. The van der Waals surface area contributed by atoms with Crippen LogP contribution in [0.3, 0.4) is 0 Å². The third-order valence-electron chi connectivity index (χ3n) is 2.70. The van der Waals surface area contributed by atoms with Crippen molar-refractivity contribution in [1.29, 1.82) is 0 Å². The quantitative estimate of drug-likeness (QED) is 0.585. The van der Waals surface area contributed by atoms with E-state index in [1.54, 1.807) is 19.2 Å². The van der Waals surface area contributed by atoms with Gasteiger partial charge in [-0.25, -0.2) is 0 Å². The summed E-state index contributed by atoms with van der Waals surface area (Å²) in [5.74, 6) is 0.717. The van der Waals surface area contributed by atoms with E-state index in [0.29, 0.717) is 15.8 Å². The van der Waals surface area contributed by atoms with Gasteiger partial charge in [-0.05, 0) is 35.9 Å². The molecule has 100 valence electrons. The Morgan fingerprint density at radius 3 is 2.42 bits per heavy atom. The van der Waals surface area contributed by atoms with Crippen LogP contribution in [0.25, 0.3) is 0 Å². The third kappa shape index (κ3) is 3.38. The van der Waals surface area contributed by atoms with Crippen molar-refractivity contribution in [2.24, 2.45) is 0 Å². The van der Waals surface area contributed by atoms with Crippen molar-refractivity contribution >= 4 is 50.7 Å². The van der Waals surface area contributed by atoms with E-state index in [2.05, 4.69) is 15.9 Å². The minimum Gasteiger partial charge on any atom is -0.496 e. The lowest BCUT2D eigenvalue weighted by atomic mass is 10.0. The van der Waals surface area contributed by atoms with Crippen molar-refractivity contribution in [1.82, 2.24) is 0 Å². The summed E-state index contributed by atoms with van der Waals surface area (Å²) in [4.78, 5) is 0. The summed E-state index contributed by atoms with van der Waals surface area (Å²) in [6.07, 6.45) is 0. The Hall–Kier alpha value is -0.410. The molecule has 1 atom stereocenters. The van der Waals surface area contributed by atoms with Gasteiger partial charge in [0.1, 0.15) is 5.75 Å². The van der Waals surface area contributed by atoms with Gasteiger partial charge in [-0.1, -0.05) is 45.2 Å². The zero-order chi connectivity index (χ0) is 14.0. The molecule has 0 aliphatic carbocycles. The number of hydrogen-bond acceptors (Lipinski definition) is 1. The van der Waals surface area contributed by atoms with Crippen LogP contribution >= 0.6 is 50.7 Å². The van der Waals surface area contributed by atoms with E-state index < -0.39 is 5.38 Å². The number of ether oxygens (including phenoxy) is 1. The molecule has 0 saturated heterocycles. The fourth-order valence-corrected chi connectivity index (χ4v) is 3.09. The number of alkyl halides is 1. The second-order valence-electron chi connectivity index (χ2n) is 3.91. The summed E-state index contributed by atoms with van der Waals surface area (Å²) < 4.78 is 6.26. The van der Waals surface area contributed by atoms with Gasteiger partial charge in [-0.3, -0.25) is 0 Å². The van der Waals surface area contributed by atoms with Gasteiger partial charge < -0.3 is 4.74 Å². The van der Waals surface area contributed by atoms with Crippen LogP contribution in [-0.4, -0.2) is 7.11 Å². The average Bonchev–Trinajstić information content (AvgIpc) is 2.38.